The first-order valence-electron chi connectivity index (χ1n) is 8.30. The van der Waals surface area contributed by atoms with E-state index in [1.165, 1.54) is 0 Å². The lowest BCUT2D eigenvalue weighted by Gasteiger charge is -2.36. The third-order valence-corrected chi connectivity index (χ3v) is 4.64. The topological polar surface area (TPSA) is 87.3 Å². The Labute approximate surface area is 153 Å². The number of nitrogens with zero attached hydrogens (tertiary/aromatic N) is 5. The van der Waals surface area contributed by atoms with Crippen molar-refractivity contribution in [2.24, 2.45) is 10.7 Å². The Morgan fingerprint density at radius 1 is 1.32 bits per heavy atom. The number of aromatic nitrogens is 1. The molecule has 0 unspecified atom stereocenters. The first-order valence-corrected chi connectivity index (χ1v) is 9.18. The van der Waals surface area contributed by atoms with Crippen LogP contribution in [0.4, 0.5) is 9.93 Å². The number of carbonyl (C=O) groups excluding carboxylic acids is 1. The van der Waals surface area contributed by atoms with Crippen molar-refractivity contribution in [2.75, 3.05) is 45.2 Å². The molecule has 1 saturated heterocycles. The minimum absolute atomic E-state index is 0.277. The third-order valence-electron chi connectivity index (χ3n) is 3.58. The van der Waals surface area contributed by atoms with Gasteiger partial charge in [0, 0.05) is 45.7 Å². The Kier molecular flexibility index (Phi) is 6.10. The molecule has 1 aliphatic rings. The predicted octanol–water partition coefficient (Wildman–Crippen LogP) is 1.58. The molecule has 1 amide bonds. The summed E-state index contributed by atoms with van der Waals surface area (Å²) in [4.78, 5) is 26.7. The van der Waals surface area contributed by atoms with E-state index in [1.807, 2.05) is 50.0 Å². The Morgan fingerprint density at radius 3 is 2.44 bits per heavy atom. The number of hydrogen-bond donors (Lipinski definition) is 1. The molecular formula is C16H28N6O2S. The minimum atomic E-state index is -0.479. The van der Waals surface area contributed by atoms with Gasteiger partial charge in [-0.05, 0) is 20.8 Å². The van der Waals surface area contributed by atoms with Crippen LogP contribution in [-0.2, 0) is 11.3 Å². The summed E-state index contributed by atoms with van der Waals surface area (Å²) in [5, 5.41) is 2.95. The van der Waals surface area contributed by atoms with Crippen molar-refractivity contribution in [1.29, 1.82) is 0 Å². The van der Waals surface area contributed by atoms with E-state index in [4.69, 9.17) is 10.5 Å². The number of aliphatic imine (C=N–C) groups is 1. The molecule has 0 aromatic carbocycles. The number of carbonyl (C=O) groups is 1. The van der Waals surface area contributed by atoms with Gasteiger partial charge in [0.15, 0.2) is 11.1 Å². The van der Waals surface area contributed by atoms with Crippen LogP contribution in [-0.4, -0.2) is 72.7 Å². The van der Waals surface area contributed by atoms with Crippen LogP contribution >= 0.6 is 11.3 Å². The number of thiazole rings is 1. The number of hydrogen-bond acceptors (Lipinski definition) is 6. The third kappa shape index (κ3) is 5.77. The number of guanidine groups is 1. The summed E-state index contributed by atoms with van der Waals surface area (Å²) >= 11 is 1.59. The molecule has 0 aliphatic carbocycles. The molecule has 1 aliphatic heterocycles. The molecule has 1 aromatic heterocycles. The zero-order valence-electron chi connectivity index (χ0n) is 15.7. The van der Waals surface area contributed by atoms with Crippen LogP contribution in [0.3, 0.4) is 0 Å². The monoisotopic (exact) mass is 368 g/mol. The molecule has 140 valence electrons. The summed E-state index contributed by atoms with van der Waals surface area (Å²) in [5.41, 5.74) is 6.52. The van der Waals surface area contributed by atoms with Gasteiger partial charge >= 0.3 is 6.09 Å². The van der Waals surface area contributed by atoms with Crippen molar-refractivity contribution >= 4 is 28.5 Å². The van der Waals surface area contributed by atoms with Crippen LogP contribution < -0.4 is 10.6 Å². The van der Waals surface area contributed by atoms with Crippen molar-refractivity contribution in [3.05, 3.63) is 11.1 Å². The van der Waals surface area contributed by atoms with Gasteiger partial charge in [-0.2, -0.15) is 0 Å². The van der Waals surface area contributed by atoms with Crippen LogP contribution in [0.1, 0.15) is 26.5 Å². The maximum atomic E-state index is 12.1. The van der Waals surface area contributed by atoms with Crippen molar-refractivity contribution in [1.82, 2.24) is 14.8 Å². The highest BCUT2D eigenvalue weighted by Gasteiger charge is 2.26. The number of piperazine rings is 1. The van der Waals surface area contributed by atoms with E-state index in [-0.39, 0.29) is 6.09 Å². The van der Waals surface area contributed by atoms with Crippen LogP contribution in [0.2, 0.25) is 0 Å². The molecule has 8 nitrogen and oxygen atoms in total. The van der Waals surface area contributed by atoms with Crippen molar-refractivity contribution in [3.8, 4) is 0 Å². The Morgan fingerprint density at radius 2 is 1.92 bits per heavy atom. The van der Waals surface area contributed by atoms with Crippen molar-refractivity contribution in [3.63, 3.8) is 0 Å². The molecule has 1 aromatic rings. The Hall–Kier alpha value is -2.03. The molecular weight excluding hydrogens is 340 g/mol. The van der Waals surface area contributed by atoms with Gasteiger partial charge in [-0.25, -0.2) is 14.8 Å². The average molecular weight is 369 g/mol. The Balaban J connectivity index is 1.83. The largest absolute Gasteiger partial charge is 0.444 e. The summed E-state index contributed by atoms with van der Waals surface area (Å²) in [7, 11) is 3.93. The first kappa shape index (κ1) is 19.3. The van der Waals surface area contributed by atoms with Gasteiger partial charge in [-0.15, -0.1) is 11.3 Å². The van der Waals surface area contributed by atoms with E-state index in [2.05, 4.69) is 9.98 Å². The van der Waals surface area contributed by atoms with Crippen LogP contribution in [0, 0.1) is 0 Å². The fraction of sp³-hybridized carbons (Fsp3) is 0.688. The maximum absolute atomic E-state index is 12.1. The fourth-order valence-electron chi connectivity index (χ4n) is 2.28. The predicted molar refractivity (Wildman–Crippen MR) is 101 cm³/mol. The molecule has 1 fully saturated rings. The first-order chi connectivity index (χ1) is 11.7. The highest BCUT2D eigenvalue weighted by Crippen LogP contribution is 2.18. The summed E-state index contributed by atoms with van der Waals surface area (Å²) in [5.74, 6) is 0.489. The molecule has 0 atom stereocenters. The second-order valence-corrected chi connectivity index (χ2v) is 7.98. The number of rotatable bonds is 3. The van der Waals surface area contributed by atoms with E-state index in [9.17, 15) is 4.79 Å². The smallest absolute Gasteiger partial charge is 0.410 e. The summed E-state index contributed by atoms with van der Waals surface area (Å²) in [6, 6.07) is 0. The molecule has 0 radical (unpaired) electrons. The fourth-order valence-corrected chi connectivity index (χ4v) is 3.03. The number of ether oxygens (including phenoxy) is 1. The summed E-state index contributed by atoms with van der Waals surface area (Å²) in [6.07, 6.45) is -0.277. The second kappa shape index (κ2) is 7.90. The van der Waals surface area contributed by atoms with Gasteiger partial charge in [0.25, 0.3) is 0 Å². The molecule has 0 saturated carbocycles. The van der Waals surface area contributed by atoms with Gasteiger partial charge in [0.2, 0.25) is 0 Å². The Bertz CT molecular complexity index is 614. The molecule has 2 N–H and O–H groups in total. The lowest BCUT2D eigenvalue weighted by molar-refractivity contribution is 0.0186. The van der Waals surface area contributed by atoms with Crippen LogP contribution in [0.5, 0.6) is 0 Å². The van der Waals surface area contributed by atoms with Gasteiger partial charge in [-0.3, -0.25) is 0 Å². The van der Waals surface area contributed by atoms with E-state index >= 15 is 0 Å². The minimum Gasteiger partial charge on any atom is -0.444 e. The van der Waals surface area contributed by atoms with Crippen molar-refractivity contribution in [2.45, 2.75) is 32.9 Å². The van der Waals surface area contributed by atoms with E-state index < -0.39 is 5.60 Å². The van der Waals surface area contributed by atoms with Gasteiger partial charge < -0.3 is 25.2 Å². The summed E-state index contributed by atoms with van der Waals surface area (Å²) < 4.78 is 5.40. The molecule has 0 bridgehead atoms. The highest BCUT2D eigenvalue weighted by atomic mass is 32.1. The van der Waals surface area contributed by atoms with Crippen molar-refractivity contribution < 1.29 is 9.53 Å². The highest BCUT2D eigenvalue weighted by molar-refractivity contribution is 7.13. The van der Waals surface area contributed by atoms with E-state index in [0.29, 0.717) is 38.7 Å². The van der Waals surface area contributed by atoms with E-state index in [1.54, 1.807) is 16.2 Å². The second-order valence-electron chi connectivity index (χ2n) is 7.14. The normalized spacial score (nSPS) is 16.1. The quantitative estimate of drug-likeness (QED) is 0.644. The molecule has 2 rings (SSSR count). The lowest BCUT2D eigenvalue weighted by atomic mass is 10.2. The summed E-state index contributed by atoms with van der Waals surface area (Å²) in [6.45, 7) is 8.51. The van der Waals surface area contributed by atoms with E-state index in [0.717, 1.165) is 10.8 Å². The van der Waals surface area contributed by atoms with Gasteiger partial charge in [0.1, 0.15) is 5.60 Å². The molecule has 2 heterocycles. The van der Waals surface area contributed by atoms with Gasteiger partial charge in [-0.1, -0.05) is 0 Å². The number of nitrogens with two attached hydrogens (primary N) is 1. The number of anilines is 1. The maximum Gasteiger partial charge on any atom is 0.410 e. The lowest BCUT2D eigenvalue weighted by Crippen LogP contribution is -2.53. The SMILES string of the molecule is CN(C)c1nc(CN=C(N)N2CCN(C(=O)OC(C)(C)C)CC2)cs1. The standard InChI is InChI=1S/C16H28N6O2S/c1-16(2,3)24-15(23)22-8-6-21(7-9-22)13(17)18-10-12-11-25-14(19-12)20(4)5/h11H,6-10H2,1-5H3,(H2,17,18). The van der Waals surface area contributed by atoms with Crippen LogP contribution in [0.15, 0.2) is 10.4 Å². The average Bonchev–Trinajstić information content (AvgIpc) is 3.00. The molecule has 25 heavy (non-hydrogen) atoms. The number of amides is 1. The van der Waals surface area contributed by atoms with Gasteiger partial charge in [0.05, 0.1) is 12.2 Å². The zero-order chi connectivity index (χ0) is 18.6. The van der Waals surface area contributed by atoms with Crippen LogP contribution in [0.25, 0.3) is 0 Å². The zero-order valence-corrected chi connectivity index (χ0v) is 16.5. The molecule has 9 heteroatoms. The molecule has 0 spiro atoms.